The molecule has 1 aromatic carbocycles. The van der Waals surface area contributed by atoms with Crippen LogP contribution in [0.3, 0.4) is 0 Å². The van der Waals surface area contributed by atoms with Crippen LogP contribution in [-0.2, 0) is 4.74 Å². The predicted molar refractivity (Wildman–Crippen MR) is 84.5 cm³/mol. The lowest BCUT2D eigenvalue weighted by molar-refractivity contribution is 0.0911. The fourth-order valence-electron chi connectivity index (χ4n) is 2.60. The van der Waals surface area contributed by atoms with Crippen molar-refractivity contribution < 1.29 is 13.9 Å². The summed E-state index contributed by atoms with van der Waals surface area (Å²) in [5.74, 6) is -0.0646. The standard InChI is InChI=1S/C16H17FN2O2S/c17-13-3-1-11(2-4-13)15-12(5-7-21-15)9-18-16(20)19-14-6-8-22-10-14/h1-4,6,8,10,12,15H,5,7,9H2,(H2,18,19,20)/t12-,15-/m0/s1. The molecule has 0 saturated carbocycles. The van der Waals surface area contributed by atoms with Gasteiger partial charge in [-0.15, -0.1) is 0 Å². The van der Waals surface area contributed by atoms with Gasteiger partial charge in [-0.25, -0.2) is 9.18 Å². The van der Waals surface area contributed by atoms with E-state index in [1.54, 1.807) is 12.1 Å². The molecule has 1 fully saturated rings. The van der Waals surface area contributed by atoms with Gasteiger partial charge in [-0.1, -0.05) is 12.1 Å². The number of rotatable bonds is 4. The number of halogens is 1. The van der Waals surface area contributed by atoms with E-state index in [2.05, 4.69) is 10.6 Å². The molecule has 1 aromatic heterocycles. The quantitative estimate of drug-likeness (QED) is 0.900. The third kappa shape index (κ3) is 3.64. The Bertz CT molecular complexity index is 616. The van der Waals surface area contributed by atoms with Crippen molar-refractivity contribution in [1.29, 1.82) is 0 Å². The fourth-order valence-corrected chi connectivity index (χ4v) is 3.19. The Morgan fingerprint density at radius 2 is 2.14 bits per heavy atom. The van der Waals surface area contributed by atoms with Crippen LogP contribution >= 0.6 is 11.3 Å². The molecule has 0 spiro atoms. The zero-order valence-electron chi connectivity index (χ0n) is 11.9. The molecule has 6 heteroatoms. The topological polar surface area (TPSA) is 50.4 Å². The number of anilines is 1. The number of nitrogens with one attached hydrogen (secondary N) is 2. The number of amides is 2. The molecule has 4 nitrogen and oxygen atoms in total. The van der Waals surface area contributed by atoms with Crippen LogP contribution in [-0.4, -0.2) is 19.2 Å². The highest BCUT2D eigenvalue weighted by molar-refractivity contribution is 7.08. The molecule has 1 saturated heterocycles. The minimum Gasteiger partial charge on any atom is -0.373 e. The van der Waals surface area contributed by atoms with E-state index in [4.69, 9.17) is 4.74 Å². The van der Waals surface area contributed by atoms with Gasteiger partial charge in [0.05, 0.1) is 11.8 Å². The SMILES string of the molecule is O=C(NC[C@@H]1CCO[C@H]1c1ccc(F)cc1)Nc1ccsc1. The van der Waals surface area contributed by atoms with Crippen LogP contribution in [0.4, 0.5) is 14.9 Å². The van der Waals surface area contributed by atoms with Crippen molar-refractivity contribution in [2.45, 2.75) is 12.5 Å². The Labute approximate surface area is 132 Å². The molecule has 2 atom stereocenters. The lowest BCUT2D eigenvalue weighted by Gasteiger charge is -2.19. The first-order valence-corrected chi connectivity index (χ1v) is 8.11. The van der Waals surface area contributed by atoms with Gasteiger partial charge in [0, 0.05) is 24.4 Å². The van der Waals surface area contributed by atoms with Crippen LogP contribution in [0.2, 0.25) is 0 Å². The van der Waals surface area contributed by atoms with Crippen LogP contribution in [0.15, 0.2) is 41.1 Å². The summed E-state index contributed by atoms with van der Waals surface area (Å²) < 4.78 is 18.7. The van der Waals surface area contributed by atoms with E-state index in [-0.39, 0.29) is 23.9 Å². The maximum atomic E-state index is 13.0. The molecule has 1 aliphatic heterocycles. The minimum atomic E-state index is -0.258. The van der Waals surface area contributed by atoms with Gasteiger partial charge in [0.2, 0.25) is 0 Å². The number of hydrogen-bond acceptors (Lipinski definition) is 3. The normalized spacial score (nSPS) is 20.8. The Hall–Kier alpha value is -1.92. The number of urea groups is 1. The lowest BCUT2D eigenvalue weighted by Crippen LogP contribution is -2.33. The van der Waals surface area contributed by atoms with Gasteiger partial charge >= 0.3 is 6.03 Å². The van der Waals surface area contributed by atoms with Crippen molar-refractivity contribution in [2.24, 2.45) is 5.92 Å². The monoisotopic (exact) mass is 320 g/mol. The number of carbonyl (C=O) groups is 1. The van der Waals surface area contributed by atoms with Crippen LogP contribution in [0.5, 0.6) is 0 Å². The van der Waals surface area contributed by atoms with Gasteiger partial charge in [-0.05, 0) is 35.6 Å². The third-order valence-electron chi connectivity index (χ3n) is 3.72. The van der Waals surface area contributed by atoms with E-state index in [1.165, 1.54) is 23.5 Å². The van der Waals surface area contributed by atoms with Gasteiger partial charge in [0.1, 0.15) is 5.82 Å². The number of carbonyl (C=O) groups excluding carboxylic acids is 1. The van der Waals surface area contributed by atoms with Crippen molar-refractivity contribution in [3.63, 3.8) is 0 Å². The molecule has 0 aliphatic carbocycles. The lowest BCUT2D eigenvalue weighted by atomic mass is 9.95. The molecule has 2 aromatic rings. The number of benzene rings is 1. The molecule has 3 rings (SSSR count). The van der Waals surface area contributed by atoms with Crippen molar-refractivity contribution in [2.75, 3.05) is 18.5 Å². The van der Waals surface area contributed by atoms with Crippen molar-refractivity contribution in [3.8, 4) is 0 Å². The largest absolute Gasteiger partial charge is 0.373 e. The number of thiophene rings is 1. The van der Waals surface area contributed by atoms with Crippen molar-refractivity contribution in [1.82, 2.24) is 5.32 Å². The second kappa shape index (κ2) is 6.89. The molecule has 116 valence electrons. The highest BCUT2D eigenvalue weighted by Gasteiger charge is 2.29. The van der Waals surface area contributed by atoms with Crippen LogP contribution in [0.1, 0.15) is 18.1 Å². The van der Waals surface area contributed by atoms with E-state index >= 15 is 0 Å². The van der Waals surface area contributed by atoms with E-state index in [0.717, 1.165) is 17.7 Å². The Kier molecular flexibility index (Phi) is 4.70. The molecule has 22 heavy (non-hydrogen) atoms. The Morgan fingerprint density at radius 1 is 1.32 bits per heavy atom. The molecule has 0 bridgehead atoms. The van der Waals surface area contributed by atoms with Gasteiger partial charge in [-0.3, -0.25) is 0 Å². The first-order valence-electron chi connectivity index (χ1n) is 7.16. The highest BCUT2D eigenvalue weighted by Crippen LogP contribution is 2.34. The minimum absolute atomic E-state index is 0.0953. The predicted octanol–water partition coefficient (Wildman–Crippen LogP) is 3.79. The van der Waals surface area contributed by atoms with E-state index < -0.39 is 0 Å². The van der Waals surface area contributed by atoms with Gasteiger partial charge in [0.15, 0.2) is 0 Å². The summed E-state index contributed by atoms with van der Waals surface area (Å²) in [6, 6.07) is 7.98. The Balaban J connectivity index is 1.55. The van der Waals surface area contributed by atoms with Crippen LogP contribution in [0, 0.1) is 11.7 Å². The molecule has 2 amide bonds. The molecule has 1 aliphatic rings. The van der Waals surface area contributed by atoms with Crippen molar-refractivity contribution in [3.05, 3.63) is 52.5 Å². The van der Waals surface area contributed by atoms with Crippen LogP contribution in [0.25, 0.3) is 0 Å². The van der Waals surface area contributed by atoms with Crippen LogP contribution < -0.4 is 10.6 Å². The molecule has 0 radical (unpaired) electrons. The molecule has 0 unspecified atom stereocenters. The maximum absolute atomic E-state index is 13.0. The zero-order valence-corrected chi connectivity index (χ0v) is 12.7. The molecule has 2 N–H and O–H groups in total. The first kappa shape index (κ1) is 15.0. The third-order valence-corrected chi connectivity index (χ3v) is 4.40. The van der Waals surface area contributed by atoms with E-state index in [1.807, 2.05) is 16.8 Å². The maximum Gasteiger partial charge on any atom is 0.319 e. The van der Waals surface area contributed by atoms with E-state index in [0.29, 0.717) is 13.2 Å². The average Bonchev–Trinajstić information content (AvgIpc) is 3.17. The number of hydrogen-bond donors (Lipinski definition) is 2. The second-order valence-electron chi connectivity index (χ2n) is 5.24. The summed E-state index contributed by atoms with van der Waals surface area (Å²) in [5, 5.41) is 9.43. The average molecular weight is 320 g/mol. The second-order valence-corrected chi connectivity index (χ2v) is 6.02. The zero-order chi connectivity index (χ0) is 15.4. The Morgan fingerprint density at radius 3 is 2.86 bits per heavy atom. The summed E-state index contributed by atoms with van der Waals surface area (Å²) in [7, 11) is 0. The number of ether oxygens (including phenoxy) is 1. The summed E-state index contributed by atoms with van der Waals surface area (Å²) in [4.78, 5) is 11.8. The molecular weight excluding hydrogens is 303 g/mol. The fraction of sp³-hybridized carbons (Fsp3) is 0.312. The summed E-state index contributed by atoms with van der Waals surface area (Å²) in [5.41, 5.74) is 1.74. The first-order chi connectivity index (χ1) is 10.7. The summed E-state index contributed by atoms with van der Waals surface area (Å²) in [6.07, 6.45) is 0.780. The van der Waals surface area contributed by atoms with Gasteiger partial charge < -0.3 is 15.4 Å². The molecular formula is C16H17FN2O2S. The van der Waals surface area contributed by atoms with Crippen molar-refractivity contribution >= 4 is 23.1 Å². The highest BCUT2D eigenvalue weighted by atomic mass is 32.1. The summed E-state index contributed by atoms with van der Waals surface area (Å²) >= 11 is 1.53. The van der Waals surface area contributed by atoms with Gasteiger partial charge in [0.25, 0.3) is 0 Å². The van der Waals surface area contributed by atoms with Gasteiger partial charge in [-0.2, -0.15) is 11.3 Å². The summed E-state index contributed by atoms with van der Waals surface area (Å²) in [6.45, 7) is 1.18. The van der Waals surface area contributed by atoms with E-state index in [9.17, 15) is 9.18 Å². The molecule has 2 heterocycles. The smallest absolute Gasteiger partial charge is 0.319 e.